The van der Waals surface area contributed by atoms with Crippen molar-refractivity contribution in [3.8, 4) is 22.6 Å². The van der Waals surface area contributed by atoms with Crippen molar-refractivity contribution < 1.29 is 0 Å². The van der Waals surface area contributed by atoms with Crippen LogP contribution >= 0.6 is 0 Å². The number of benzene rings is 3. The lowest BCUT2D eigenvalue weighted by Gasteiger charge is -2.09. The normalized spacial score (nSPS) is 11.1. The van der Waals surface area contributed by atoms with Crippen molar-refractivity contribution in [1.29, 1.82) is 0 Å². The van der Waals surface area contributed by atoms with Gasteiger partial charge in [0.25, 0.3) is 5.56 Å². The fourth-order valence-corrected chi connectivity index (χ4v) is 3.68. The van der Waals surface area contributed by atoms with Crippen molar-refractivity contribution in [2.24, 2.45) is 0 Å². The molecule has 5 rings (SSSR count). The minimum Gasteiger partial charge on any atom is -0.291 e. The maximum absolute atomic E-state index is 13.6. The summed E-state index contributed by atoms with van der Waals surface area (Å²) in [6, 6.07) is 26.3. The third-order valence-electron chi connectivity index (χ3n) is 5.14. The van der Waals surface area contributed by atoms with Crippen molar-refractivity contribution in [2.75, 3.05) is 0 Å². The first-order valence-electron chi connectivity index (χ1n) is 9.60. The monoisotopic (exact) mass is 394 g/mol. The molecule has 30 heavy (non-hydrogen) atoms. The van der Waals surface area contributed by atoms with Crippen LogP contribution in [-0.2, 0) is 0 Å². The average Bonchev–Trinajstić information content (AvgIpc) is 3.16. The SMILES string of the molecule is Cc1ccccc1-n1c(=O)[nH]c2c(c(-c3ccccc3)nn2-c2ccccc2)c1=O. The van der Waals surface area contributed by atoms with Gasteiger partial charge in [-0.25, -0.2) is 14.0 Å². The van der Waals surface area contributed by atoms with Gasteiger partial charge >= 0.3 is 5.69 Å². The minimum absolute atomic E-state index is 0.368. The smallest absolute Gasteiger partial charge is 0.291 e. The number of nitrogens with one attached hydrogen (secondary N) is 1. The van der Waals surface area contributed by atoms with Crippen molar-refractivity contribution >= 4 is 11.0 Å². The highest BCUT2D eigenvalue weighted by Gasteiger charge is 2.21. The Morgan fingerprint density at radius 3 is 2.13 bits per heavy atom. The molecule has 0 spiro atoms. The van der Waals surface area contributed by atoms with Gasteiger partial charge < -0.3 is 0 Å². The molecule has 1 N–H and O–H groups in total. The Bertz CT molecular complexity index is 1480. The predicted octanol–water partition coefficient (Wildman–Crippen LogP) is 3.84. The van der Waals surface area contributed by atoms with E-state index in [9.17, 15) is 9.59 Å². The maximum atomic E-state index is 13.6. The van der Waals surface area contributed by atoms with E-state index < -0.39 is 11.2 Å². The molecule has 6 nitrogen and oxygen atoms in total. The zero-order chi connectivity index (χ0) is 20.7. The van der Waals surface area contributed by atoms with Gasteiger partial charge in [-0.05, 0) is 30.7 Å². The Morgan fingerprint density at radius 1 is 0.800 bits per heavy atom. The quantitative estimate of drug-likeness (QED) is 0.505. The molecule has 5 aromatic rings. The molecular formula is C24H18N4O2. The van der Waals surface area contributed by atoms with Gasteiger partial charge in [0.15, 0.2) is 5.65 Å². The lowest BCUT2D eigenvalue weighted by atomic mass is 10.1. The highest BCUT2D eigenvalue weighted by Crippen LogP contribution is 2.26. The summed E-state index contributed by atoms with van der Waals surface area (Å²) >= 11 is 0. The largest absolute Gasteiger partial charge is 0.334 e. The number of aryl methyl sites for hydroxylation is 1. The van der Waals surface area contributed by atoms with Crippen LogP contribution in [-0.4, -0.2) is 19.3 Å². The van der Waals surface area contributed by atoms with Crippen LogP contribution in [0.5, 0.6) is 0 Å². The number of aromatic nitrogens is 4. The first kappa shape index (κ1) is 17.9. The molecule has 0 radical (unpaired) electrons. The Kier molecular flexibility index (Phi) is 4.17. The molecule has 2 heterocycles. The lowest BCUT2D eigenvalue weighted by molar-refractivity contribution is 0.860. The van der Waals surface area contributed by atoms with Gasteiger partial charge in [0, 0.05) is 5.56 Å². The van der Waals surface area contributed by atoms with E-state index in [-0.39, 0.29) is 0 Å². The van der Waals surface area contributed by atoms with Crippen molar-refractivity contribution in [3.63, 3.8) is 0 Å². The Balaban J connectivity index is 1.92. The molecule has 0 fully saturated rings. The number of hydrogen-bond donors (Lipinski definition) is 1. The van der Waals surface area contributed by atoms with Crippen molar-refractivity contribution in [2.45, 2.75) is 6.92 Å². The van der Waals surface area contributed by atoms with E-state index >= 15 is 0 Å². The van der Waals surface area contributed by atoms with Gasteiger partial charge in [-0.2, -0.15) is 5.10 Å². The topological polar surface area (TPSA) is 72.7 Å². The number of aromatic amines is 1. The Morgan fingerprint density at radius 2 is 1.43 bits per heavy atom. The molecule has 0 bridgehead atoms. The standard InChI is InChI=1S/C24H18N4O2/c1-16-10-8-9-15-19(16)27-23(29)20-21(17-11-4-2-5-12-17)26-28(22(20)25-24(27)30)18-13-6-3-7-14-18/h2-15H,1H3,(H,25,30). The maximum Gasteiger partial charge on any atom is 0.334 e. The van der Waals surface area contributed by atoms with Crippen LogP contribution in [0.25, 0.3) is 33.7 Å². The Labute approximate surface area is 171 Å². The molecule has 146 valence electrons. The second-order valence-corrected chi connectivity index (χ2v) is 7.04. The summed E-state index contributed by atoms with van der Waals surface area (Å²) in [7, 11) is 0. The van der Waals surface area contributed by atoms with Crippen molar-refractivity contribution in [1.82, 2.24) is 19.3 Å². The lowest BCUT2D eigenvalue weighted by Crippen LogP contribution is -2.34. The second-order valence-electron chi connectivity index (χ2n) is 7.04. The zero-order valence-corrected chi connectivity index (χ0v) is 16.2. The summed E-state index contributed by atoms with van der Waals surface area (Å²) in [5.74, 6) is 0. The third kappa shape index (κ3) is 2.78. The number of H-pyrrole nitrogens is 1. The average molecular weight is 394 g/mol. The summed E-state index contributed by atoms with van der Waals surface area (Å²) in [5, 5.41) is 5.09. The van der Waals surface area contributed by atoms with Crippen LogP contribution in [0.3, 0.4) is 0 Å². The molecule has 0 atom stereocenters. The number of rotatable bonds is 3. The number of fused-ring (bicyclic) bond motifs is 1. The predicted molar refractivity (Wildman–Crippen MR) is 117 cm³/mol. The molecule has 0 aliphatic rings. The van der Waals surface area contributed by atoms with Crippen LogP contribution in [0.4, 0.5) is 0 Å². The molecule has 0 amide bonds. The van der Waals surface area contributed by atoms with Crippen molar-refractivity contribution in [3.05, 3.63) is 111 Å². The molecule has 6 heteroatoms. The van der Waals surface area contributed by atoms with Gasteiger partial charge in [0.05, 0.1) is 11.4 Å². The van der Waals surface area contributed by atoms with Crippen LogP contribution in [0.15, 0.2) is 94.5 Å². The second kappa shape index (κ2) is 7.00. The molecule has 0 unspecified atom stereocenters. The first-order chi connectivity index (χ1) is 14.6. The van der Waals surface area contributed by atoms with Gasteiger partial charge in [-0.3, -0.25) is 9.78 Å². The van der Waals surface area contributed by atoms with Crippen LogP contribution in [0.1, 0.15) is 5.56 Å². The van der Waals surface area contributed by atoms with Gasteiger partial charge in [-0.1, -0.05) is 66.7 Å². The molecule has 0 aliphatic carbocycles. The Hall–Kier alpha value is -4.19. The van der Waals surface area contributed by atoms with Crippen LogP contribution in [0, 0.1) is 6.92 Å². The first-order valence-corrected chi connectivity index (χ1v) is 9.60. The van der Waals surface area contributed by atoms with E-state index in [1.165, 1.54) is 4.57 Å². The number of para-hydroxylation sites is 2. The van der Waals surface area contributed by atoms with E-state index in [0.29, 0.717) is 22.4 Å². The fraction of sp³-hybridized carbons (Fsp3) is 0.0417. The highest BCUT2D eigenvalue weighted by molar-refractivity contribution is 5.91. The summed E-state index contributed by atoms with van der Waals surface area (Å²) in [4.78, 5) is 29.5. The molecule has 0 aliphatic heterocycles. The van der Waals surface area contributed by atoms with Crippen LogP contribution in [0.2, 0.25) is 0 Å². The number of hydrogen-bond acceptors (Lipinski definition) is 3. The van der Waals surface area contributed by atoms with E-state index in [0.717, 1.165) is 16.8 Å². The fourth-order valence-electron chi connectivity index (χ4n) is 3.68. The van der Waals surface area contributed by atoms with Gasteiger partial charge in [-0.15, -0.1) is 0 Å². The number of nitrogens with zero attached hydrogens (tertiary/aromatic N) is 3. The highest BCUT2D eigenvalue weighted by atomic mass is 16.2. The molecule has 0 saturated carbocycles. The van der Waals surface area contributed by atoms with Gasteiger partial charge in [0.2, 0.25) is 0 Å². The van der Waals surface area contributed by atoms with E-state index in [2.05, 4.69) is 4.98 Å². The summed E-state index contributed by atoms with van der Waals surface area (Å²) in [6.07, 6.45) is 0. The van der Waals surface area contributed by atoms with Gasteiger partial charge in [0.1, 0.15) is 11.1 Å². The van der Waals surface area contributed by atoms with Crippen LogP contribution < -0.4 is 11.2 Å². The molecule has 2 aromatic heterocycles. The zero-order valence-electron chi connectivity index (χ0n) is 16.2. The van der Waals surface area contributed by atoms with E-state index in [1.54, 1.807) is 10.7 Å². The van der Waals surface area contributed by atoms with E-state index in [4.69, 9.17) is 5.10 Å². The summed E-state index contributed by atoms with van der Waals surface area (Å²) < 4.78 is 2.80. The van der Waals surface area contributed by atoms with E-state index in [1.807, 2.05) is 85.8 Å². The third-order valence-corrected chi connectivity index (χ3v) is 5.14. The molecule has 0 saturated heterocycles. The summed E-state index contributed by atoms with van der Waals surface area (Å²) in [5.41, 5.74) is 2.95. The minimum atomic E-state index is -0.501. The molecule has 3 aromatic carbocycles. The molecular weight excluding hydrogens is 376 g/mol. The summed E-state index contributed by atoms with van der Waals surface area (Å²) in [6.45, 7) is 1.87.